The molecular formula is C12H11NO2. The molecule has 15 heavy (non-hydrogen) atoms. The average Bonchev–Trinajstić information content (AvgIpc) is 2.65. The summed E-state index contributed by atoms with van der Waals surface area (Å²) in [4.78, 5) is 11.1. The molecule has 2 aromatic rings. The van der Waals surface area contributed by atoms with E-state index >= 15 is 0 Å². The van der Waals surface area contributed by atoms with Crippen molar-refractivity contribution < 1.29 is 9.90 Å². The molecule has 0 saturated carbocycles. The van der Waals surface area contributed by atoms with Crippen LogP contribution >= 0.6 is 0 Å². The fourth-order valence-electron chi connectivity index (χ4n) is 2.43. The van der Waals surface area contributed by atoms with E-state index in [0.29, 0.717) is 6.42 Å². The van der Waals surface area contributed by atoms with Gasteiger partial charge in [-0.05, 0) is 29.9 Å². The van der Waals surface area contributed by atoms with Gasteiger partial charge in [-0.2, -0.15) is 0 Å². The second-order valence-corrected chi connectivity index (χ2v) is 3.97. The lowest BCUT2D eigenvalue weighted by molar-refractivity contribution is -0.141. The van der Waals surface area contributed by atoms with E-state index in [2.05, 4.69) is 6.07 Å². The Labute approximate surface area is 86.9 Å². The van der Waals surface area contributed by atoms with Crippen molar-refractivity contribution in [3.63, 3.8) is 0 Å². The first-order valence-corrected chi connectivity index (χ1v) is 5.08. The normalized spacial score (nSPS) is 19.3. The van der Waals surface area contributed by atoms with Crippen molar-refractivity contribution in [2.45, 2.75) is 18.9 Å². The minimum Gasteiger partial charge on any atom is -0.480 e. The Kier molecular flexibility index (Phi) is 1.63. The summed E-state index contributed by atoms with van der Waals surface area (Å²) in [6.07, 6.45) is 3.43. The van der Waals surface area contributed by atoms with Crippen LogP contribution in [-0.4, -0.2) is 15.6 Å². The molecule has 0 fully saturated rings. The Balaban J connectivity index is 2.31. The van der Waals surface area contributed by atoms with Gasteiger partial charge < -0.3 is 9.67 Å². The molecule has 1 unspecified atom stereocenters. The van der Waals surface area contributed by atoms with Crippen molar-refractivity contribution >= 4 is 16.9 Å². The van der Waals surface area contributed by atoms with Gasteiger partial charge in [0.1, 0.15) is 6.04 Å². The van der Waals surface area contributed by atoms with Crippen LogP contribution in [0.1, 0.15) is 18.0 Å². The fourth-order valence-corrected chi connectivity index (χ4v) is 2.43. The number of para-hydroxylation sites is 1. The third-order valence-electron chi connectivity index (χ3n) is 3.13. The van der Waals surface area contributed by atoms with Crippen molar-refractivity contribution in [3.05, 3.63) is 36.0 Å². The molecule has 1 aromatic carbocycles. The standard InChI is InChI=1S/C12H11NO2/c14-12(15)10-5-4-8-2-1-3-9-6-7-13(10)11(8)9/h1-3,6-7,10H,4-5H2,(H,14,15). The van der Waals surface area contributed by atoms with E-state index in [0.717, 1.165) is 17.3 Å². The van der Waals surface area contributed by atoms with Gasteiger partial charge >= 0.3 is 5.97 Å². The zero-order chi connectivity index (χ0) is 10.4. The highest BCUT2D eigenvalue weighted by Gasteiger charge is 2.25. The number of benzene rings is 1. The summed E-state index contributed by atoms with van der Waals surface area (Å²) in [7, 11) is 0. The molecular weight excluding hydrogens is 190 g/mol. The van der Waals surface area contributed by atoms with E-state index in [1.54, 1.807) is 0 Å². The summed E-state index contributed by atoms with van der Waals surface area (Å²) in [5, 5.41) is 10.3. The van der Waals surface area contributed by atoms with Gasteiger partial charge in [-0.25, -0.2) is 4.79 Å². The molecule has 0 spiro atoms. The first-order chi connectivity index (χ1) is 7.27. The van der Waals surface area contributed by atoms with E-state index < -0.39 is 12.0 Å². The molecule has 0 amide bonds. The average molecular weight is 201 g/mol. The Morgan fingerprint density at radius 2 is 2.27 bits per heavy atom. The molecule has 1 N–H and O–H groups in total. The molecule has 1 aromatic heterocycles. The number of aryl methyl sites for hydroxylation is 1. The van der Waals surface area contributed by atoms with Gasteiger partial charge in [0.15, 0.2) is 0 Å². The molecule has 3 rings (SSSR count). The summed E-state index contributed by atoms with van der Waals surface area (Å²) in [5.41, 5.74) is 2.35. The summed E-state index contributed by atoms with van der Waals surface area (Å²) >= 11 is 0. The lowest BCUT2D eigenvalue weighted by atomic mass is 9.99. The molecule has 3 nitrogen and oxygen atoms in total. The van der Waals surface area contributed by atoms with Gasteiger partial charge in [0.25, 0.3) is 0 Å². The highest BCUT2D eigenvalue weighted by Crippen LogP contribution is 2.31. The molecule has 3 heteroatoms. The van der Waals surface area contributed by atoms with Gasteiger partial charge in [0.05, 0.1) is 5.52 Å². The molecule has 1 atom stereocenters. The van der Waals surface area contributed by atoms with Gasteiger partial charge in [-0.1, -0.05) is 18.2 Å². The first-order valence-electron chi connectivity index (χ1n) is 5.08. The second kappa shape index (κ2) is 2.86. The number of rotatable bonds is 1. The van der Waals surface area contributed by atoms with Gasteiger partial charge in [-0.3, -0.25) is 0 Å². The van der Waals surface area contributed by atoms with Crippen LogP contribution in [0, 0.1) is 0 Å². The summed E-state index contributed by atoms with van der Waals surface area (Å²) in [5.74, 6) is -0.734. The largest absolute Gasteiger partial charge is 0.480 e. The van der Waals surface area contributed by atoms with Gasteiger partial charge in [-0.15, -0.1) is 0 Å². The maximum absolute atomic E-state index is 11.1. The van der Waals surface area contributed by atoms with Crippen LogP contribution in [0.3, 0.4) is 0 Å². The highest BCUT2D eigenvalue weighted by atomic mass is 16.4. The van der Waals surface area contributed by atoms with E-state index in [9.17, 15) is 4.79 Å². The Morgan fingerprint density at radius 1 is 1.40 bits per heavy atom. The van der Waals surface area contributed by atoms with Gasteiger partial charge in [0.2, 0.25) is 0 Å². The molecule has 76 valence electrons. The Hall–Kier alpha value is -1.77. The van der Waals surface area contributed by atoms with Crippen LogP contribution in [0.5, 0.6) is 0 Å². The van der Waals surface area contributed by atoms with Crippen molar-refractivity contribution in [1.82, 2.24) is 4.57 Å². The number of aromatic nitrogens is 1. The predicted octanol–water partition coefficient (Wildman–Crippen LogP) is 2.21. The minimum atomic E-state index is -0.734. The molecule has 2 heterocycles. The Bertz CT molecular complexity index is 542. The zero-order valence-corrected chi connectivity index (χ0v) is 8.18. The molecule has 0 bridgehead atoms. The fraction of sp³-hybridized carbons (Fsp3) is 0.250. The number of carboxylic acid groups (broad SMARTS) is 1. The summed E-state index contributed by atoms with van der Waals surface area (Å²) in [6, 6.07) is 7.73. The van der Waals surface area contributed by atoms with Crippen LogP contribution < -0.4 is 0 Å². The van der Waals surface area contributed by atoms with E-state index in [4.69, 9.17) is 5.11 Å². The van der Waals surface area contributed by atoms with E-state index in [-0.39, 0.29) is 0 Å². The topological polar surface area (TPSA) is 42.2 Å². The number of carbonyl (C=O) groups is 1. The molecule has 0 saturated heterocycles. The SMILES string of the molecule is O=C(O)C1CCc2cccc3ccn1c23. The smallest absolute Gasteiger partial charge is 0.326 e. The molecule has 0 aliphatic carbocycles. The van der Waals surface area contributed by atoms with Gasteiger partial charge in [0, 0.05) is 6.20 Å². The van der Waals surface area contributed by atoms with Crippen LogP contribution in [0.25, 0.3) is 10.9 Å². The number of carboxylic acids is 1. The number of hydrogen-bond acceptors (Lipinski definition) is 1. The van der Waals surface area contributed by atoms with Crippen molar-refractivity contribution in [1.29, 1.82) is 0 Å². The van der Waals surface area contributed by atoms with E-state index in [1.165, 1.54) is 5.56 Å². The molecule has 0 radical (unpaired) electrons. The number of nitrogens with zero attached hydrogens (tertiary/aromatic N) is 1. The third-order valence-corrected chi connectivity index (χ3v) is 3.13. The lowest BCUT2D eigenvalue weighted by Crippen LogP contribution is -2.22. The quantitative estimate of drug-likeness (QED) is 0.768. The third kappa shape index (κ3) is 1.09. The van der Waals surface area contributed by atoms with Crippen molar-refractivity contribution in [2.24, 2.45) is 0 Å². The predicted molar refractivity (Wildman–Crippen MR) is 56.9 cm³/mol. The maximum atomic E-state index is 11.1. The maximum Gasteiger partial charge on any atom is 0.326 e. The zero-order valence-electron chi connectivity index (χ0n) is 8.18. The molecule has 1 aliphatic heterocycles. The van der Waals surface area contributed by atoms with Crippen LogP contribution in [-0.2, 0) is 11.2 Å². The van der Waals surface area contributed by atoms with Crippen LogP contribution in [0.2, 0.25) is 0 Å². The first kappa shape index (κ1) is 8.53. The van der Waals surface area contributed by atoms with Crippen LogP contribution in [0.15, 0.2) is 30.5 Å². The number of aliphatic carboxylic acids is 1. The molecule has 1 aliphatic rings. The summed E-state index contributed by atoms with van der Waals surface area (Å²) < 4.78 is 1.89. The lowest BCUT2D eigenvalue weighted by Gasteiger charge is -2.22. The minimum absolute atomic E-state index is 0.391. The van der Waals surface area contributed by atoms with E-state index in [1.807, 2.05) is 29.0 Å². The second-order valence-electron chi connectivity index (χ2n) is 3.97. The monoisotopic (exact) mass is 201 g/mol. The van der Waals surface area contributed by atoms with Crippen molar-refractivity contribution in [2.75, 3.05) is 0 Å². The Morgan fingerprint density at radius 3 is 3.07 bits per heavy atom. The summed E-state index contributed by atoms with van der Waals surface area (Å²) in [6.45, 7) is 0. The number of hydrogen-bond donors (Lipinski definition) is 1. The van der Waals surface area contributed by atoms with Crippen LogP contribution in [0.4, 0.5) is 0 Å². The highest BCUT2D eigenvalue weighted by molar-refractivity contribution is 5.86. The van der Waals surface area contributed by atoms with Crippen molar-refractivity contribution in [3.8, 4) is 0 Å².